The van der Waals surface area contributed by atoms with Crippen molar-refractivity contribution in [2.75, 3.05) is 36.4 Å². The lowest BCUT2D eigenvalue weighted by atomic mass is 10.1. The van der Waals surface area contributed by atoms with Crippen molar-refractivity contribution < 1.29 is 4.79 Å². The Labute approximate surface area is 200 Å². The zero-order chi connectivity index (χ0) is 23.2. The maximum atomic E-state index is 13.2. The fourth-order valence-electron chi connectivity index (χ4n) is 5.45. The summed E-state index contributed by atoms with van der Waals surface area (Å²) in [4.78, 5) is 34.3. The van der Waals surface area contributed by atoms with Gasteiger partial charge in [-0.05, 0) is 50.9 Å². The number of nitrogens with zero attached hydrogens (tertiary/aromatic N) is 6. The second-order valence-electron chi connectivity index (χ2n) is 9.89. The van der Waals surface area contributed by atoms with Gasteiger partial charge >= 0.3 is 0 Å². The van der Waals surface area contributed by atoms with E-state index in [2.05, 4.69) is 32.2 Å². The first-order valence-electron chi connectivity index (χ1n) is 12.4. The molecule has 0 aliphatic carbocycles. The van der Waals surface area contributed by atoms with E-state index >= 15 is 0 Å². The molecule has 8 nitrogen and oxygen atoms in total. The first-order valence-corrected chi connectivity index (χ1v) is 12.4. The number of hydrogen-bond donors (Lipinski definition) is 1. The number of carbonyl (C=O) groups excluding carboxylic acids is 1. The number of rotatable bonds is 5. The summed E-state index contributed by atoms with van der Waals surface area (Å²) >= 11 is 0. The van der Waals surface area contributed by atoms with Crippen molar-refractivity contribution in [3.8, 4) is 0 Å². The molecule has 3 aliphatic heterocycles. The van der Waals surface area contributed by atoms with Crippen molar-refractivity contribution >= 4 is 28.6 Å². The van der Waals surface area contributed by atoms with Crippen molar-refractivity contribution in [3.05, 3.63) is 53.3 Å². The molecule has 0 radical (unpaired) electrons. The number of piperazine rings is 1. The van der Waals surface area contributed by atoms with Gasteiger partial charge in [0.05, 0.1) is 12.1 Å². The Bertz CT molecular complexity index is 1240. The Morgan fingerprint density at radius 1 is 1.15 bits per heavy atom. The molecule has 2 fully saturated rings. The Balaban J connectivity index is 1.31. The predicted octanol–water partition coefficient (Wildman–Crippen LogP) is 3.29. The highest BCUT2D eigenvalue weighted by atomic mass is 16.2. The van der Waals surface area contributed by atoms with Gasteiger partial charge in [0.1, 0.15) is 11.5 Å². The number of pyridine rings is 1. The molecule has 2 saturated heterocycles. The summed E-state index contributed by atoms with van der Waals surface area (Å²) in [5.41, 5.74) is 3.51. The summed E-state index contributed by atoms with van der Waals surface area (Å²) in [7, 11) is 0. The summed E-state index contributed by atoms with van der Waals surface area (Å²) < 4.78 is 0. The van der Waals surface area contributed by atoms with Crippen LogP contribution in [-0.4, -0.2) is 68.9 Å². The average molecular weight is 458 g/mol. The minimum absolute atomic E-state index is 0.00331. The van der Waals surface area contributed by atoms with Crippen LogP contribution in [0.3, 0.4) is 0 Å². The SMILES string of the molecule is CC(C)N1Cc2c(NCc3cnc4ccccc4c3)nc(N3CCN4CCC[C@@H]4C3)nc2C1=O. The molecule has 0 saturated carbocycles. The molecule has 0 bridgehead atoms. The highest BCUT2D eigenvalue weighted by molar-refractivity contribution is 5.98. The van der Waals surface area contributed by atoms with E-state index in [4.69, 9.17) is 9.97 Å². The largest absolute Gasteiger partial charge is 0.365 e. The van der Waals surface area contributed by atoms with Crippen molar-refractivity contribution in [2.45, 2.75) is 51.9 Å². The highest BCUT2D eigenvalue weighted by Gasteiger charge is 2.36. The van der Waals surface area contributed by atoms with Crippen LogP contribution in [0.15, 0.2) is 36.5 Å². The highest BCUT2D eigenvalue weighted by Crippen LogP contribution is 2.32. The van der Waals surface area contributed by atoms with Crippen LogP contribution in [0.1, 0.15) is 48.3 Å². The fourth-order valence-corrected chi connectivity index (χ4v) is 5.45. The lowest BCUT2D eigenvalue weighted by Crippen LogP contribution is -2.50. The number of nitrogens with one attached hydrogen (secondary N) is 1. The molecule has 1 aromatic carbocycles. The molecule has 8 heteroatoms. The smallest absolute Gasteiger partial charge is 0.273 e. The minimum atomic E-state index is 0.00331. The molecule has 0 spiro atoms. The Kier molecular flexibility index (Phi) is 5.32. The predicted molar refractivity (Wildman–Crippen MR) is 133 cm³/mol. The van der Waals surface area contributed by atoms with Crippen molar-refractivity contribution in [1.82, 2.24) is 24.8 Å². The van der Waals surface area contributed by atoms with Gasteiger partial charge in [0, 0.05) is 55.4 Å². The lowest BCUT2D eigenvalue weighted by molar-refractivity contribution is 0.0726. The van der Waals surface area contributed by atoms with Crippen LogP contribution >= 0.6 is 0 Å². The van der Waals surface area contributed by atoms with E-state index in [-0.39, 0.29) is 11.9 Å². The molecular weight excluding hydrogens is 426 g/mol. The number of amides is 1. The second-order valence-corrected chi connectivity index (χ2v) is 9.89. The van der Waals surface area contributed by atoms with Crippen LogP contribution in [0.5, 0.6) is 0 Å². The molecule has 176 valence electrons. The zero-order valence-corrected chi connectivity index (χ0v) is 19.9. The summed E-state index contributed by atoms with van der Waals surface area (Å²) in [6.45, 7) is 9.27. The minimum Gasteiger partial charge on any atom is -0.365 e. The van der Waals surface area contributed by atoms with Crippen molar-refractivity contribution in [3.63, 3.8) is 0 Å². The third-order valence-electron chi connectivity index (χ3n) is 7.39. The molecule has 5 heterocycles. The van der Waals surface area contributed by atoms with Gasteiger partial charge in [-0.1, -0.05) is 18.2 Å². The summed E-state index contributed by atoms with van der Waals surface area (Å²) in [6, 6.07) is 11.0. The number of carbonyl (C=O) groups is 1. The van der Waals surface area contributed by atoms with E-state index in [1.165, 1.54) is 19.4 Å². The number of fused-ring (bicyclic) bond motifs is 3. The first-order chi connectivity index (χ1) is 16.6. The molecule has 1 amide bonds. The number of anilines is 2. The number of para-hydroxylation sites is 1. The Morgan fingerprint density at radius 3 is 2.91 bits per heavy atom. The van der Waals surface area contributed by atoms with E-state index < -0.39 is 0 Å². The van der Waals surface area contributed by atoms with Gasteiger partial charge in [0.25, 0.3) is 5.91 Å². The van der Waals surface area contributed by atoms with Crippen LogP contribution < -0.4 is 10.2 Å². The second kappa shape index (κ2) is 8.51. The maximum Gasteiger partial charge on any atom is 0.273 e. The first kappa shape index (κ1) is 21.3. The van der Waals surface area contributed by atoms with E-state index in [1.54, 1.807) is 0 Å². The molecule has 1 atom stereocenters. The van der Waals surface area contributed by atoms with Gasteiger partial charge in [0.15, 0.2) is 0 Å². The average Bonchev–Trinajstić information content (AvgIpc) is 3.46. The third kappa shape index (κ3) is 3.76. The van der Waals surface area contributed by atoms with Gasteiger partial charge in [-0.2, -0.15) is 4.98 Å². The molecular formula is C26H31N7O. The summed E-state index contributed by atoms with van der Waals surface area (Å²) in [6.07, 6.45) is 4.39. The van der Waals surface area contributed by atoms with Crippen LogP contribution in [0.2, 0.25) is 0 Å². The van der Waals surface area contributed by atoms with Crippen LogP contribution in [0, 0.1) is 0 Å². The molecule has 2 aromatic heterocycles. The number of benzene rings is 1. The molecule has 3 aromatic rings. The monoisotopic (exact) mass is 457 g/mol. The maximum absolute atomic E-state index is 13.2. The van der Waals surface area contributed by atoms with Crippen molar-refractivity contribution in [2.24, 2.45) is 0 Å². The topological polar surface area (TPSA) is 77.5 Å². The lowest BCUT2D eigenvalue weighted by Gasteiger charge is -2.37. The van der Waals surface area contributed by atoms with Gasteiger partial charge in [-0.3, -0.25) is 14.7 Å². The van der Waals surface area contributed by atoms with Gasteiger partial charge in [-0.25, -0.2) is 4.98 Å². The third-order valence-corrected chi connectivity index (χ3v) is 7.39. The van der Waals surface area contributed by atoms with E-state index in [0.717, 1.165) is 47.5 Å². The van der Waals surface area contributed by atoms with Gasteiger partial charge in [0.2, 0.25) is 5.95 Å². The van der Waals surface area contributed by atoms with Gasteiger partial charge < -0.3 is 15.1 Å². The normalized spacial score (nSPS) is 20.3. The molecule has 3 aliphatic rings. The Morgan fingerprint density at radius 2 is 2.03 bits per heavy atom. The molecule has 1 N–H and O–H groups in total. The number of aromatic nitrogens is 3. The zero-order valence-electron chi connectivity index (χ0n) is 19.9. The fraction of sp³-hybridized carbons (Fsp3) is 0.462. The van der Waals surface area contributed by atoms with Crippen LogP contribution in [0.25, 0.3) is 10.9 Å². The Hall–Kier alpha value is -3.26. The number of hydrogen-bond acceptors (Lipinski definition) is 7. The quantitative estimate of drug-likeness (QED) is 0.630. The van der Waals surface area contributed by atoms with Gasteiger partial charge in [-0.15, -0.1) is 0 Å². The van der Waals surface area contributed by atoms with E-state index in [0.29, 0.717) is 30.8 Å². The summed E-state index contributed by atoms with van der Waals surface area (Å²) in [5.74, 6) is 1.44. The molecule has 6 rings (SSSR count). The standard InChI is InChI=1S/C26H31N7O/c1-17(2)33-16-21-23(25(33)34)29-26(32-11-10-31-9-5-7-20(31)15-32)30-24(21)28-14-18-12-19-6-3-4-8-22(19)27-13-18/h3-4,6,8,12-13,17,20H,5,7,9-11,14-16H2,1-2H3,(H,28,29,30)/t20-/m1/s1. The summed E-state index contributed by atoms with van der Waals surface area (Å²) in [5, 5.41) is 4.64. The molecule has 0 unspecified atom stereocenters. The van der Waals surface area contributed by atoms with E-state index in [9.17, 15) is 4.79 Å². The van der Waals surface area contributed by atoms with E-state index in [1.807, 2.05) is 43.1 Å². The van der Waals surface area contributed by atoms with Crippen LogP contribution in [0.4, 0.5) is 11.8 Å². The van der Waals surface area contributed by atoms with Crippen molar-refractivity contribution in [1.29, 1.82) is 0 Å². The van der Waals surface area contributed by atoms with Crippen LogP contribution in [-0.2, 0) is 13.1 Å². The molecule has 34 heavy (non-hydrogen) atoms.